The predicted octanol–water partition coefficient (Wildman–Crippen LogP) is 1.51. The summed E-state index contributed by atoms with van der Waals surface area (Å²) in [6.07, 6.45) is 0. The van der Waals surface area contributed by atoms with Gasteiger partial charge >= 0.3 is 0 Å². The number of amides is 2. The van der Waals surface area contributed by atoms with E-state index in [1.165, 1.54) is 0 Å². The van der Waals surface area contributed by atoms with E-state index in [0.717, 1.165) is 11.3 Å². The molecule has 2 N–H and O–H groups in total. The molecular formula is C18H20N2O4. The monoisotopic (exact) mass is 328 g/mol. The first kappa shape index (κ1) is 17.3. The molecule has 0 fully saturated rings. The van der Waals surface area contributed by atoms with Crippen LogP contribution in [-0.4, -0.2) is 32.1 Å². The topological polar surface area (TPSA) is 76.7 Å². The van der Waals surface area contributed by atoms with Crippen molar-refractivity contribution >= 4 is 11.8 Å². The maximum atomic E-state index is 11.8. The zero-order valence-electron chi connectivity index (χ0n) is 13.5. The van der Waals surface area contributed by atoms with Crippen LogP contribution in [0.3, 0.4) is 0 Å². The lowest BCUT2D eigenvalue weighted by atomic mass is 10.2. The highest BCUT2D eigenvalue weighted by atomic mass is 16.5. The zero-order valence-corrected chi connectivity index (χ0v) is 13.5. The molecule has 0 spiro atoms. The maximum absolute atomic E-state index is 11.8. The summed E-state index contributed by atoms with van der Waals surface area (Å²) in [5.41, 5.74) is 0.918. The van der Waals surface area contributed by atoms with E-state index < -0.39 is 0 Å². The quantitative estimate of drug-likeness (QED) is 0.770. The van der Waals surface area contributed by atoms with Gasteiger partial charge in [0.25, 0.3) is 5.91 Å². The second kappa shape index (κ2) is 9.19. The molecule has 2 rings (SSSR count). The van der Waals surface area contributed by atoms with Crippen molar-refractivity contribution in [2.45, 2.75) is 6.54 Å². The van der Waals surface area contributed by atoms with Gasteiger partial charge in [-0.2, -0.15) is 0 Å². The Morgan fingerprint density at radius 2 is 1.67 bits per heavy atom. The lowest BCUT2D eigenvalue weighted by Gasteiger charge is -2.09. The van der Waals surface area contributed by atoms with E-state index in [4.69, 9.17) is 9.47 Å². The van der Waals surface area contributed by atoms with Gasteiger partial charge in [0.05, 0.1) is 13.7 Å². The van der Waals surface area contributed by atoms with Crippen LogP contribution in [0.5, 0.6) is 11.5 Å². The number of para-hydroxylation sites is 1. The van der Waals surface area contributed by atoms with E-state index in [9.17, 15) is 9.59 Å². The van der Waals surface area contributed by atoms with E-state index in [-0.39, 0.29) is 25.0 Å². The van der Waals surface area contributed by atoms with Crippen molar-refractivity contribution in [3.63, 3.8) is 0 Å². The Labute approximate surface area is 140 Å². The Hall–Kier alpha value is -3.02. The summed E-state index contributed by atoms with van der Waals surface area (Å²) in [6.45, 7) is 0.139. The van der Waals surface area contributed by atoms with Crippen molar-refractivity contribution in [1.82, 2.24) is 10.6 Å². The summed E-state index contributed by atoms with van der Waals surface area (Å²) in [5.74, 6) is 0.713. The molecule has 0 saturated heterocycles. The highest BCUT2D eigenvalue weighted by Crippen LogP contribution is 2.12. The van der Waals surface area contributed by atoms with E-state index in [1.807, 2.05) is 42.5 Å². The van der Waals surface area contributed by atoms with Crippen molar-refractivity contribution in [2.24, 2.45) is 0 Å². The largest absolute Gasteiger partial charge is 0.497 e. The molecule has 0 saturated carbocycles. The molecule has 0 aliphatic carbocycles. The van der Waals surface area contributed by atoms with E-state index in [1.54, 1.807) is 19.2 Å². The standard InChI is InChI=1S/C18H20N2O4/c1-23-16-9-5-6-14(10-16)11-19-17(21)12-20-18(22)13-24-15-7-3-2-4-8-15/h2-10H,11-13H2,1H3,(H,19,21)(H,20,22). The van der Waals surface area contributed by atoms with Crippen molar-refractivity contribution in [3.05, 3.63) is 60.2 Å². The van der Waals surface area contributed by atoms with Gasteiger partial charge in [-0.25, -0.2) is 0 Å². The Bertz CT molecular complexity index is 674. The lowest BCUT2D eigenvalue weighted by molar-refractivity contribution is -0.127. The molecule has 0 atom stereocenters. The van der Waals surface area contributed by atoms with Crippen LogP contribution in [-0.2, 0) is 16.1 Å². The average molecular weight is 328 g/mol. The van der Waals surface area contributed by atoms with Crippen LogP contribution in [0.15, 0.2) is 54.6 Å². The second-order valence-corrected chi connectivity index (χ2v) is 5.01. The number of hydrogen-bond acceptors (Lipinski definition) is 4. The molecule has 2 amide bonds. The Balaban J connectivity index is 1.66. The molecule has 0 aromatic heterocycles. The summed E-state index contributed by atoms with van der Waals surface area (Å²) in [4.78, 5) is 23.4. The molecule has 0 bridgehead atoms. The van der Waals surface area contributed by atoms with Crippen LogP contribution in [0.4, 0.5) is 0 Å². The number of ether oxygens (including phenoxy) is 2. The molecule has 6 heteroatoms. The summed E-state index contributed by atoms with van der Waals surface area (Å²) >= 11 is 0. The number of rotatable bonds is 8. The smallest absolute Gasteiger partial charge is 0.258 e. The van der Waals surface area contributed by atoms with Gasteiger partial charge in [-0.15, -0.1) is 0 Å². The van der Waals surface area contributed by atoms with Gasteiger partial charge in [0.15, 0.2) is 6.61 Å². The normalized spacial score (nSPS) is 9.88. The van der Waals surface area contributed by atoms with Crippen LogP contribution >= 0.6 is 0 Å². The minimum Gasteiger partial charge on any atom is -0.497 e. The van der Waals surface area contributed by atoms with Gasteiger partial charge in [-0.3, -0.25) is 9.59 Å². The zero-order chi connectivity index (χ0) is 17.2. The maximum Gasteiger partial charge on any atom is 0.258 e. The van der Waals surface area contributed by atoms with Crippen LogP contribution in [0.1, 0.15) is 5.56 Å². The fourth-order valence-corrected chi connectivity index (χ4v) is 1.94. The van der Waals surface area contributed by atoms with Gasteiger partial charge < -0.3 is 20.1 Å². The molecule has 0 heterocycles. The number of methoxy groups -OCH3 is 1. The first-order valence-electron chi connectivity index (χ1n) is 7.51. The Morgan fingerprint density at radius 1 is 0.917 bits per heavy atom. The summed E-state index contributed by atoms with van der Waals surface area (Å²) in [5, 5.41) is 5.24. The Morgan fingerprint density at radius 3 is 2.42 bits per heavy atom. The van der Waals surface area contributed by atoms with E-state index in [2.05, 4.69) is 10.6 Å². The molecular weight excluding hydrogens is 308 g/mol. The lowest BCUT2D eigenvalue weighted by Crippen LogP contribution is -2.38. The van der Waals surface area contributed by atoms with E-state index >= 15 is 0 Å². The van der Waals surface area contributed by atoms with Crippen LogP contribution in [0.25, 0.3) is 0 Å². The third-order valence-corrected chi connectivity index (χ3v) is 3.18. The fourth-order valence-electron chi connectivity index (χ4n) is 1.94. The SMILES string of the molecule is COc1cccc(CNC(=O)CNC(=O)COc2ccccc2)c1. The number of benzene rings is 2. The third-order valence-electron chi connectivity index (χ3n) is 3.18. The predicted molar refractivity (Wildman–Crippen MR) is 89.8 cm³/mol. The summed E-state index contributed by atoms with van der Waals surface area (Å²) < 4.78 is 10.4. The van der Waals surface area contributed by atoms with Crippen molar-refractivity contribution in [2.75, 3.05) is 20.3 Å². The van der Waals surface area contributed by atoms with Gasteiger partial charge in [0.2, 0.25) is 5.91 Å². The molecule has 0 aliphatic rings. The molecule has 6 nitrogen and oxygen atoms in total. The van der Waals surface area contributed by atoms with Gasteiger partial charge in [0.1, 0.15) is 11.5 Å². The van der Waals surface area contributed by atoms with Gasteiger partial charge in [-0.05, 0) is 29.8 Å². The first-order chi connectivity index (χ1) is 11.7. The van der Waals surface area contributed by atoms with Crippen molar-refractivity contribution in [3.8, 4) is 11.5 Å². The molecule has 126 valence electrons. The number of hydrogen-bond donors (Lipinski definition) is 2. The molecule has 2 aromatic carbocycles. The van der Waals surface area contributed by atoms with Crippen LogP contribution < -0.4 is 20.1 Å². The summed E-state index contributed by atoms with van der Waals surface area (Å²) in [7, 11) is 1.59. The van der Waals surface area contributed by atoms with Crippen LogP contribution in [0.2, 0.25) is 0 Å². The number of carbonyl (C=O) groups excluding carboxylic acids is 2. The molecule has 0 unspecified atom stereocenters. The molecule has 0 radical (unpaired) electrons. The first-order valence-corrected chi connectivity index (χ1v) is 7.51. The minimum absolute atomic E-state index is 0.0963. The highest BCUT2D eigenvalue weighted by Gasteiger charge is 2.06. The van der Waals surface area contributed by atoms with Gasteiger partial charge in [-0.1, -0.05) is 30.3 Å². The van der Waals surface area contributed by atoms with Crippen molar-refractivity contribution in [1.29, 1.82) is 0 Å². The van der Waals surface area contributed by atoms with Crippen molar-refractivity contribution < 1.29 is 19.1 Å². The summed E-state index contributed by atoms with van der Waals surface area (Å²) in [6, 6.07) is 16.4. The minimum atomic E-state index is -0.351. The Kier molecular flexibility index (Phi) is 6.64. The van der Waals surface area contributed by atoms with Gasteiger partial charge in [0, 0.05) is 6.54 Å². The van der Waals surface area contributed by atoms with Crippen LogP contribution in [0, 0.1) is 0 Å². The number of carbonyl (C=O) groups is 2. The number of nitrogens with one attached hydrogen (secondary N) is 2. The molecule has 24 heavy (non-hydrogen) atoms. The third kappa shape index (κ3) is 6.00. The molecule has 0 aliphatic heterocycles. The second-order valence-electron chi connectivity index (χ2n) is 5.01. The van der Waals surface area contributed by atoms with E-state index in [0.29, 0.717) is 12.3 Å². The average Bonchev–Trinajstić information content (AvgIpc) is 2.64. The fraction of sp³-hybridized carbons (Fsp3) is 0.222. The molecule has 2 aromatic rings. The highest BCUT2D eigenvalue weighted by molar-refractivity contribution is 5.85.